The monoisotopic (exact) mass is 265 g/mol. The van der Waals surface area contributed by atoms with Gasteiger partial charge < -0.3 is 11.1 Å². The van der Waals surface area contributed by atoms with Crippen LogP contribution in [-0.4, -0.2) is 31.5 Å². The lowest BCUT2D eigenvalue weighted by molar-refractivity contribution is 0.579. The van der Waals surface area contributed by atoms with E-state index in [1.54, 1.807) is 0 Å². The molecule has 0 atom stereocenters. The zero-order valence-electron chi connectivity index (χ0n) is 9.20. The molecule has 0 saturated carbocycles. The maximum Gasteiger partial charge on any atom is 0.168 e. The first-order valence-electron chi connectivity index (χ1n) is 4.91. The molecule has 0 unspecified atom stereocenters. The summed E-state index contributed by atoms with van der Waals surface area (Å²) in [6, 6.07) is 0.596. The van der Waals surface area contributed by atoms with Crippen LogP contribution in [0, 0.1) is 11.6 Å². The Bertz CT molecular complexity index is 505. The van der Waals surface area contributed by atoms with E-state index >= 15 is 0 Å². The summed E-state index contributed by atoms with van der Waals surface area (Å²) in [6.45, 7) is 1.51. The maximum absolute atomic E-state index is 13.2. The molecule has 0 radical (unpaired) electrons. The van der Waals surface area contributed by atoms with Gasteiger partial charge in [0.1, 0.15) is 0 Å². The standard InChI is InChI=1S/C9H13F2N3O2S/c1-2-17(15,16)4-3-13-9-7(11)5-6(10)8(12)14-9/h5H,2-4H2,1H3,(H3,12,13,14). The minimum absolute atomic E-state index is 0.00876. The molecule has 0 amide bonds. The molecule has 0 bridgehead atoms. The Kier molecular flexibility index (Phi) is 4.22. The van der Waals surface area contributed by atoms with Crippen LogP contribution in [0.3, 0.4) is 0 Å². The van der Waals surface area contributed by atoms with Gasteiger partial charge in [-0.2, -0.15) is 0 Å². The van der Waals surface area contributed by atoms with Crippen molar-refractivity contribution in [2.24, 2.45) is 0 Å². The fourth-order valence-corrected chi connectivity index (χ4v) is 1.78. The number of nitrogen functional groups attached to an aromatic ring is 1. The number of pyridine rings is 1. The van der Waals surface area contributed by atoms with Crippen LogP contribution in [-0.2, 0) is 9.84 Å². The zero-order chi connectivity index (χ0) is 13.1. The molecule has 0 saturated heterocycles. The van der Waals surface area contributed by atoms with E-state index < -0.39 is 27.3 Å². The molecule has 17 heavy (non-hydrogen) atoms. The van der Waals surface area contributed by atoms with Crippen molar-refractivity contribution in [3.05, 3.63) is 17.7 Å². The molecule has 96 valence electrons. The topological polar surface area (TPSA) is 85.1 Å². The van der Waals surface area contributed by atoms with Crippen molar-refractivity contribution in [1.82, 2.24) is 4.98 Å². The average Bonchev–Trinajstić information content (AvgIpc) is 2.25. The summed E-state index contributed by atoms with van der Waals surface area (Å²) in [4.78, 5) is 3.44. The molecule has 8 heteroatoms. The smallest absolute Gasteiger partial charge is 0.168 e. The van der Waals surface area contributed by atoms with Crippen LogP contribution < -0.4 is 11.1 Å². The van der Waals surface area contributed by atoms with E-state index in [-0.39, 0.29) is 23.9 Å². The Morgan fingerprint density at radius 2 is 2.06 bits per heavy atom. The molecule has 0 aliphatic heterocycles. The first kappa shape index (κ1) is 13.6. The van der Waals surface area contributed by atoms with E-state index in [9.17, 15) is 17.2 Å². The van der Waals surface area contributed by atoms with Crippen LogP contribution in [0.4, 0.5) is 20.4 Å². The van der Waals surface area contributed by atoms with Crippen molar-refractivity contribution < 1.29 is 17.2 Å². The summed E-state index contributed by atoms with van der Waals surface area (Å²) in [5, 5.41) is 2.46. The van der Waals surface area contributed by atoms with Crippen molar-refractivity contribution in [1.29, 1.82) is 0 Å². The molecule has 0 aliphatic carbocycles. The van der Waals surface area contributed by atoms with Gasteiger partial charge in [-0.1, -0.05) is 6.92 Å². The van der Waals surface area contributed by atoms with Gasteiger partial charge in [-0.15, -0.1) is 0 Å². The number of nitrogens with one attached hydrogen (secondary N) is 1. The number of nitrogens with zero attached hydrogens (tertiary/aromatic N) is 1. The number of sulfone groups is 1. The molecule has 5 nitrogen and oxygen atoms in total. The zero-order valence-corrected chi connectivity index (χ0v) is 10.0. The third kappa shape index (κ3) is 3.81. The predicted octanol–water partition coefficient (Wildman–Crippen LogP) is 0.789. The number of rotatable bonds is 5. The molecular formula is C9H13F2N3O2S. The number of anilines is 2. The molecular weight excluding hydrogens is 252 g/mol. The van der Waals surface area contributed by atoms with Gasteiger partial charge in [-0.3, -0.25) is 0 Å². The van der Waals surface area contributed by atoms with Crippen LogP contribution in [0.2, 0.25) is 0 Å². The molecule has 1 aromatic rings. The molecule has 0 aromatic carbocycles. The fourth-order valence-electron chi connectivity index (χ4n) is 1.07. The van der Waals surface area contributed by atoms with Crippen molar-refractivity contribution in [2.45, 2.75) is 6.92 Å². The van der Waals surface area contributed by atoms with E-state index in [0.29, 0.717) is 6.07 Å². The second kappa shape index (κ2) is 5.26. The Morgan fingerprint density at radius 3 is 2.65 bits per heavy atom. The molecule has 3 N–H and O–H groups in total. The van der Waals surface area contributed by atoms with Gasteiger partial charge in [-0.05, 0) is 0 Å². The quantitative estimate of drug-likeness (QED) is 0.822. The van der Waals surface area contributed by atoms with Gasteiger partial charge in [0.2, 0.25) is 0 Å². The Morgan fingerprint density at radius 1 is 1.41 bits per heavy atom. The van der Waals surface area contributed by atoms with E-state index in [0.717, 1.165) is 0 Å². The molecule has 0 fully saturated rings. The van der Waals surface area contributed by atoms with Crippen LogP contribution in [0.25, 0.3) is 0 Å². The number of hydrogen-bond donors (Lipinski definition) is 2. The van der Waals surface area contributed by atoms with Gasteiger partial charge in [0.05, 0.1) is 5.75 Å². The van der Waals surface area contributed by atoms with Crippen molar-refractivity contribution in [3.8, 4) is 0 Å². The molecule has 0 spiro atoms. The summed E-state index contributed by atoms with van der Waals surface area (Å²) >= 11 is 0. The second-order valence-corrected chi connectivity index (χ2v) is 5.82. The highest BCUT2D eigenvalue weighted by atomic mass is 32.2. The highest BCUT2D eigenvalue weighted by Crippen LogP contribution is 2.16. The third-order valence-electron chi connectivity index (χ3n) is 2.10. The van der Waals surface area contributed by atoms with Crippen LogP contribution in [0.1, 0.15) is 6.92 Å². The lowest BCUT2D eigenvalue weighted by Crippen LogP contribution is -2.18. The second-order valence-electron chi connectivity index (χ2n) is 3.35. The Labute approximate surface area is 98.0 Å². The number of halogens is 2. The van der Waals surface area contributed by atoms with E-state index in [1.165, 1.54) is 6.92 Å². The van der Waals surface area contributed by atoms with Crippen molar-refractivity contribution >= 4 is 21.5 Å². The summed E-state index contributed by atoms with van der Waals surface area (Å²) < 4.78 is 48.2. The van der Waals surface area contributed by atoms with Crippen LogP contribution in [0.5, 0.6) is 0 Å². The number of nitrogens with two attached hydrogens (primary N) is 1. The lowest BCUT2D eigenvalue weighted by atomic mass is 10.4. The van der Waals surface area contributed by atoms with Crippen molar-refractivity contribution in [2.75, 3.05) is 29.1 Å². The lowest BCUT2D eigenvalue weighted by Gasteiger charge is -2.07. The van der Waals surface area contributed by atoms with Gasteiger partial charge in [0, 0.05) is 18.4 Å². The van der Waals surface area contributed by atoms with Crippen molar-refractivity contribution in [3.63, 3.8) is 0 Å². The summed E-state index contributed by atoms with van der Waals surface area (Å²) in [7, 11) is -3.14. The normalized spacial score (nSPS) is 11.5. The number of aromatic nitrogens is 1. The van der Waals surface area contributed by atoms with E-state index in [4.69, 9.17) is 5.73 Å². The Hall–Kier alpha value is -1.44. The van der Waals surface area contributed by atoms with Gasteiger partial charge >= 0.3 is 0 Å². The molecule has 0 aliphatic rings. The minimum Gasteiger partial charge on any atom is -0.381 e. The Balaban J connectivity index is 2.68. The highest BCUT2D eigenvalue weighted by Gasteiger charge is 2.11. The first-order chi connectivity index (χ1) is 7.85. The SMILES string of the molecule is CCS(=O)(=O)CCNc1nc(N)c(F)cc1F. The predicted molar refractivity (Wildman–Crippen MR) is 61.4 cm³/mol. The third-order valence-corrected chi connectivity index (χ3v) is 3.81. The molecule has 1 rings (SSSR count). The summed E-state index contributed by atoms with van der Waals surface area (Å²) in [5.74, 6) is -2.69. The summed E-state index contributed by atoms with van der Waals surface area (Å²) in [5.41, 5.74) is 5.16. The van der Waals surface area contributed by atoms with Gasteiger partial charge in [0.15, 0.2) is 33.1 Å². The summed E-state index contributed by atoms with van der Waals surface area (Å²) in [6.07, 6.45) is 0. The van der Waals surface area contributed by atoms with Crippen LogP contribution in [0.15, 0.2) is 6.07 Å². The maximum atomic E-state index is 13.2. The number of hydrogen-bond acceptors (Lipinski definition) is 5. The minimum atomic E-state index is -3.14. The molecule has 1 aromatic heterocycles. The van der Waals surface area contributed by atoms with E-state index in [1.807, 2.05) is 0 Å². The van der Waals surface area contributed by atoms with Crippen LogP contribution >= 0.6 is 0 Å². The van der Waals surface area contributed by atoms with E-state index in [2.05, 4.69) is 10.3 Å². The fraction of sp³-hybridized carbons (Fsp3) is 0.444. The molecule has 1 heterocycles. The first-order valence-corrected chi connectivity index (χ1v) is 6.73. The van der Waals surface area contributed by atoms with Gasteiger partial charge in [-0.25, -0.2) is 22.2 Å². The largest absolute Gasteiger partial charge is 0.381 e. The average molecular weight is 265 g/mol. The highest BCUT2D eigenvalue weighted by molar-refractivity contribution is 7.91. The van der Waals surface area contributed by atoms with Gasteiger partial charge in [0.25, 0.3) is 0 Å².